The third-order valence-electron chi connectivity index (χ3n) is 3.86. The molecule has 4 N–H and O–H groups in total. The molecule has 3 aromatic rings. The third-order valence-corrected chi connectivity index (χ3v) is 3.86. The van der Waals surface area contributed by atoms with Crippen LogP contribution < -0.4 is 10.6 Å². The Morgan fingerprint density at radius 3 is 2.58 bits per heavy atom. The molecule has 1 heterocycles. The number of fused-ring (bicyclic) bond motifs is 1. The molecular formula is C19H17N3O4. The molecule has 0 atom stereocenters. The lowest BCUT2D eigenvalue weighted by Gasteiger charge is -2.09. The molecule has 0 saturated carbocycles. The quantitative estimate of drug-likeness (QED) is 0.565. The maximum atomic E-state index is 11.8. The minimum Gasteiger partial charge on any atom is -0.505 e. The molecule has 7 heteroatoms. The van der Waals surface area contributed by atoms with Gasteiger partial charge in [0.15, 0.2) is 11.4 Å². The summed E-state index contributed by atoms with van der Waals surface area (Å²) in [7, 11) is 0. The smallest absolute Gasteiger partial charge is 0.358 e. The van der Waals surface area contributed by atoms with E-state index < -0.39 is 5.97 Å². The summed E-state index contributed by atoms with van der Waals surface area (Å²) in [6, 6.07) is 14.1. The number of para-hydroxylation sites is 1. The highest BCUT2D eigenvalue weighted by molar-refractivity contribution is 5.98. The Balaban J connectivity index is 1.62. The number of nitrogens with zero attached hydrogens (tertiary/aromatic N) is 1. The van der Waals surface area contributed by atoms with Gasteiger partial charge >= 0.3 is 12.0 Å². The molecule has 0 radical (unpaired) electrons. The van der Waals surface area contributed by atoms with Crippen molar-refractivity contribution in [3.8, 4) is 5.75 Å². The number of carbonyl (C=O) groups excluding carboxylic acids is 1. The van der Waals surface area contributed by atoms with E-state index in [-0.39, 0.29) is 17.5 Å². The molecule has 0 aliphatic rings. The number of aromatic carboxylic acids is 1. The van der Waals surface area contributed by atoms with Crippen LogP contribution in [0.3, 0.4) is 0 Å². The summed E-state index contributed by atoms with van der Waals surface area (Å²) < 4.78 is 0. The molecule has 2 amide bonds. The first kappa shape index (κ1) is 17.2. The summed E-state index contributed by atoms with van der Waals surface area (Å²) >= 11 is 0. The molecule has 0 saturated heterocycles. The number of carbonyl (C=O) groups is 2. The number of aromatic nitrogens is 1. The van der Waals surface area contributed by atoms with Crippen molar-refractivity contribution in [2.45, 2.75) is 6.42 Å². The van der Waals surface area contributed by atoms with Crippen molar-refractivity contribution >= 4 is 28.5 Å². The van der Waals surface area contributed by atoms with Crippen molar-refractivity contribution in [1.82, 2.24) is 10.3 Å². The Bertz CT molecular complexity index is 958. The number of amides is 2. The van der Waals surface area contributed by atoms with Gasteiger partial charge in [0.2, 0.25) is 0 Å². The predicted molar refractivity (Wildman–Crippen MR) is 97.5 cm³/mol. The van der Waals surface area contributed by atoms with Gasteiger partial charge in [-0.3, -0.25) is 0 Å². The van der Waals surface area contributed by atoms with E-state index in [2.05, 4.69) is 15.6 Å². The average molecular weight is 351 g/mol. The van der Waals surface area contributed by atoms with Gasteiger partial charge in [-0.05, 0) is 30.2 Å². The summed E-state index contributed by atoms with van der Waals surface area (Å²) in [6.45, 7) is 0.427. The van der Waals surface area contributed by atoms with Crippen LogP contribution in [0.5, 0.6) is 5.75 Å². The number of carboxylic acid groups (broad SMARTS) is 1. The topological polar surface area (TPSA) is 112 Å². The largest absolute Gasteiger partial charge is 0.505 e. The number of nitrogens with one attached hydrogen (secondary N) is 2. The molecule has 26 heavy (non-hydrogen) atoms. The molecule has 0 aliphatic heterocycles. The Kier molecular flexibility index (Phi) is 4.98. The van der Waals surface area contributed by atoms with E-state index in [9.17, 15) is 14.7 Å². The van der Waals surface area contributed by atoms with Crippen LogP contribution in [0, 0.1) is 0 Å². The van der Waals surface area contributed by atoms with Crippen molar-refractivity contribution in [3.63, 3.8) is 0 Å². The van der Waals surface area contributed by atoms with Gasteiger partial charge in [-0.2, -0.15) is 0 Å². The maximum Gasteiger partial charge on any atom is 0.358 e. The molecule has 132 valence electrons. The van der Waals surface area contributed by atoms with Crippen molar-refractivity contribution in [3.05, 3.63) is 66.0 Å². The molecule has 0 aliphatic carbocycles. The zero-order chi connectivity index (χ0) is 18.5. The molecule has 2 aromatic carbocycles. The van der Waals surface area contributed by atoms with Crippen LogP contribution in [0.25, 0.3) is 10.8 Å². The van der Waals surface area contributed by atoms with Crippen LogP contribution in [-0.4, -0.2) is 33.7 Å². The van der Waals surface area contributed by atoms with Gasteiger partial charge in [0.1, 0.15) is 0 Å². The summed E-state index contributed by atoms with van der Waals surface area (Å²) in [4.78, 5) is 26.6. The van der Waals surface area contributed by atoms with Gasteiger partial charge in [0, 0.05) is 29.2 Å². The minimum absolute atomic E-state index is 0.289. The van der Waals surface area contributed by atoms with Crippen molar-refractivity contribution in [1.29, 1.82) is 0 Å². The van der Waals surface area contributed by atoms with Crippen LogP contribution >= 0.6 is 0 Å². The minimum atomic E-state index is -1.28. The van der Waals surface area contributed by atoms with Gasteiger partial charge < -0.3 is 20.8 Å². The Morgan fingerprint density at radius 1 is 1.08 bits per heavy atom. The van der Waals surface area contributed by atoms with Crippen molar-refractivity contribution in [2.75, 3.05) is 11.9 Å². The van der Waals surface area contributed by atoms with E-state index in [0.717, 1.165) is 5.56 Å². The number of urea groups is 1. The number of benzene rings is 2. The van der Waals surface area contributed by atoms with E-state index in [1.807, 2.05) is 24.3 Å². The van der Waals surface area contributed by atoms with E-state index in [1.54, 1.807) is 24.3 Å². The lowest BCUT2D eigenvalue weighted by molar-refractivity contribution is 0.0687. The van der Waals surface area contributed by atoms with Crippen LogP contribution in [0.15, 0.2) is 54.7 Å². The molecule has 7 nitrogen and oxygen atoms in total. The summed E-state index contributed by atoms with van der Waals surface area (Å²) in [5.41, 5.74) is 1.28. The number of carboxylic acids is 1. The second-order valence-corrected chi connectivity index (χ2v) is 5.68. The first-order valence-corrected chi connectivity index (χ1v) is 7.98. The number of aromatic hydroxyl groups is 1. The van der Waals surface area contributed by atoms with Gasteiger partial charge in [-0.15, -0.1) is 0 Å². The van der Waals surface area contributed by atoms with Gasteiger partial charge in [-0.1, -0.05) is 30.3 Å². The number of anilines is 1. The van der Waals surface area contributed by atoms with Crippen LogP contribution in [-0.2, 0) is 6.42 Å². The Labute approximate surface area is 149 Å². The van der Waals surface area contributed by atoms with E-state index in [4.69, 9.17) is 5.11 Å². The zero-order valence-electron chi connectivity index (χ0n) is 13.8. The highest BCUT2D eigenvalue weighted by atomic mass is 16.4. The Hall–Kier alpha value is -3.61. The van der Waals surface area contributed by atoms with E-state index >= 15 is 0 Å². The molecule has 0 bridgehead atoms. The second kappa shape index (κ2) is 7.52. The predicted octanol–water partition coefficient (Wildman–Crippen LogP) is 3.00. The molecule has 3 rings (SSSR count). The first-order chi connectivity index (χ1) is 12.5. The number of pyridine rings is 1. The van der Waals surface area contributed by atoms with Crippen LogP contribution in [0.1, 0.15) is 16.1 Å². The molecule has 0 fully saturated rings. The fourth-order valence-corrected chi connectivity index (χ4v) is 2.59. The average Bonchev–Trinajstić information content (AvgIpc) is 2.62. The zero-order valence-corrected chi connectivity index (χ0v) is 13.8. The second-order valence-electron chi connectivity index (χ2n) is 5.68. The lowest BCUT2D eigenvalue weighted by atomic mass is 10.1. The summed E-state index contributed by atoms with van der Waals surface area (Å²) in [5, 5.41) is 25.5. The van der Waals surface area contributed by atoms with Gasteiger partial charge in [-0.25, -0.2) is 14.6 Å². The Morgan fingerprint density at radius 2 is 1.85 bits per heavy atom. The van der Waals surface area contributed by atoms with Crippen LogP contribution in [0.2, 0.25) is 0 Å². The summed E-state index contributed by atoms with van der Waals surface area (Å²) in [5.74, 6) is -1.62. The van der Waals surface area contributed by atoms with Gasteiger partial charge in [0.25, 0.3) is 0 Å². The first-order valence-electron chi connectivity index (χ1n) is 7.98. The molecule has 1 aromatic heterocycles. The number of hydrogen-bond acceptors (Lipinski definition) is 4. The van der Waals surface area contributed by atoms with Crippen molar-refractivity contribution in [2.24, 2.45) is 0 Å². The SMILES string of the molecule is O=C(NCCc1ccc2c(O)c(C(=O)O)ncc2c1)Nc1ccccc1. The molecular weight excluding hydrogens is 334 g/mol. The standard InChI is InChI=1S/C19H17N3O4/c23-17-15-7-6-12(10-13(15)11-21-16(17)18(24)25)8-9-20-19(26)22-14-4-2-1-3-5-14/h1-7,10-11,23H,8-9H2,(H,24,25)(H2,20,22,26). The highest BCUT2D eigenvalue weighted by Crippen LogP contribution is 2.27. The van der Waals surface area contributed by atoms with Crippen LogP contribution in [0.4, 0.5) is 10.5 Å². The maximum absolute atomic E-state index is 11.8. The molecule has 0 spiro atoms. The van der Waals surface area contributed by atoms with E-state index in [0.29, 0.717) is 29.4 Å². The number of rotatable bonds is 5. The highest BCUT2D eigenvalue weighted by Gasteiger charge is 2.14. The normalized spacial score (nSPS) is 10.5. The number of hydrogen-bond donors (Lipinski definition) is 4. The fraction of sp³-hybridized carbons (Fsp3) is 0.105. The van der Waals surface area contributed by atoms with Gasteiger partial charge in [0.05, 0.1) is 0 Å². The van der Waals surface area contributed by atoms with E-state index in [1.165, 1.54) is 6.20 Å². The lowest BCUT2D eigenvalue weighted by Crippen LogP contribution is -2.30. The molecule has 0 unspecified atom stereocenters. The van der Waals surface area contributed by atoms with Crippen molar-refractivity contribution < 1.29 is 19.8 Å². The summed E-state index contributed by atoms with van der Waals surface area (Å²) in [6.07, 6.45) is 2.00. The third kappa shape index (κ3) is 3.89. The monoisotopic (exact) mass is 351 g/mol. The fourth-order valence-electron chi connectivity index (χ4n) is 2.59.